The number of terminal acetylenes is 1. The highest BCUT2D eigenvalue weighted by Crippen LogP contribution is 2.19. The van der Waals surface area contributed by atoms with E-state index < -0.39 is 0 Å². The van der Waals surface area contributed by atoms with Gasteiger partial charge in [0.15, 0.2) is 0 Å². The SMILES string of the molecule is C#CC1=CC=C(OCc2ccccc2)CC1. The van der Waals surface area contributed by atoms with Gasteiger partial charge >= 0.3 is 0 Å². The fourth-order valence-corrected chi connectivity index (χ4v) is 1.61. The standard InChI is InChI=1S/C15H14O/c1-2-13-8-10-15(11-9-13)16-12-14-6-4-3-5-7-14/h1,3-8,10H,9,11-12H2. The van der Waals surface area contributed by atoms with Gasteiger partial charge in [-0.3, -0.25) is 0 Å². The smallest absolute Gasteiger partial charge is 0.113 e. The van der Waals surface area contributed by atoms with Crippen LogP contribution in [0.2, 0.25) is 0 Å². The zero-order chi connectivity index (χ0) is 11.2. The average Bonchev–Trinajstić information content (AvgIpc) is 2.38. The van der Waals surface area contributed by atoms with Crippen LogP contribution in [-0.2, 0) is 11.3 Å². The molecule has 1 aliphatic rings. The van der Waals surface area contributed by atoms with Crippen molar-refractivity contribution in [3.8, 4) is 12.3 Å². The van der Waals surface area contributed by atoms with E-state index in [2.05, 4.69) is 18.1 Å². The van der Waals surface area contributed by atoms with Crippen molar-refractivity contribution in [1.82, 2.24) is 0 Å². The van der Waals surface area contributed by atoms with Crippen molar-refractivity contribution < 1.29 is 4.74 Å². The number of hydrogen-bond acceptors (Lipinski definition) is 1. The second kappa shape index (κ2) is 5.23. The highest BCUT2D eigenvalue weighted by Gasteiger charge is 2.05. The third-order valence-corrected chi connectivity index (χ3v) is 2.56. The number of allylic oxidation sites excluding steroid dienone is 4. The Balaban J connectivity index is 1.91. The molecule has 0 aliphatic heterocycles. The molecule has 0 heterocycles. The van der Waals surface area contributed by atoms with Crippen molar-refractivity contribution in [3.63, 3.8) is 0 Å². The van der Waals surface area contributed by atoms with Crippen molar-refractivity contribution in [1.29, 1.82) is 0 Å². The van der Waals surface area contributed by atoms with Crippen LogP contribution in [0, 0.1) is 12.3 Å². The molecule has 1 aromatic carbocycles. The minimum absolute atomic E-state index is 0.631. The van der Waals surface area contributed by atoms with Crippen molar-refractivity contribution in [2.75, 3.05) is 0 Å². The molecular formula is C15H14O. The molecule has 1 aromatic rings. The summed E-state index contributed by atoms with van der Waals surface area (Å²) < 4.78 is 5.71. The maximum atomic E-state index is 5.71. The lowest BCUT2D eigenvalue weighted by Crippen LogP contribution is -1.97. The summed E-state index contributed by atoms with van der Waals surface area (Å²) in [6.45, 7) is 0.631. The Morgan fingerprint density at radius 2 is 1.94 bits per heavy atom. The lowest BCUT2D eigenvalue weighted by Gasteiger charge is -2.13. The van der Waals surface area contributed by atoms with Gasteiger partial charge in [-0.2, -0.15) is 0 Å². The van der Waals surface area contributed by atoms with Gasteiger partial charge in [0.25, 0.3) is 0 Å². The van der Waals surface area contributed by atoms with E-state index in [-0.39, 0.29) is 0 Å². The van der Waals surface area contributed by atoms with Crippen LogP contribution in [-0.4, -0.2) is 0 Å². The Morgan fingerprint density at radius 3 is 2.56 bits per heavy atom. The molecule has 0 unspecified atom stereocenters. The van der Waals surface area contributed by atoms with Gasteiger partial charge < -0.3 is 4.74 Å². The van der Waals surface area contributed by atoms with Crippen molar-refractivity contribution in [2.45, 2.75) is 19.4 Å². The summed E-state index contributed by atoms with van der Waals surface area (Å²) in [5.41, 5.74) is 2.24. The van der Waals surface area contributed by atoms with Crippen LogP contribution in [0.4, 0.5) is 0 Å². The molecule has 1 aliphatic carbocycles. The fourth-order valence-electron chi connectivity index (χ4n) is 1.61. The van der Waals surface area contributed by atoms with Crippen molar-refractivity contribution >= 4 is 0 Å². The summed E-state index contributed by atoms with van der Waals surface area (Å²) in [6, 6.07) is 10.2. The minimum atomic E-state index is 0.631. The van der Waals surface area contributed by atoms with Gasteiger partial charge in [-0.1, -0.05) is 36.3 Å². The molecule has 0 amide bonds. The molecule has 0 fully saturated rings. The highest BCUT2D eigenvalue weighted by molar-refractivity contribution is 5.33. The quantitative estimate of drug-likeness (QED) is 0.694. The molecule has 0 saturated carbocycles. The maximum Gasteiger partial charge on any atom is 0.113 e. The van der Waals surface area contributed by atoms with Gasteiger partial charge in [-0.15, -0.1) is 6.42 Å². The van der Waals surface area contributed by atoms with Gasteiger partial charge in [-0.25, -0.2) is 0 Å². The third kappa shape index (κ3) is 2.77. The first-order chi connectivity index (χ1) is 7.88. The third-order valence-electron chi connectivity index (χ3n) is 2.56. The first-order valence-electron chi connectivity index (χ1n) is 5.41. The predicted molar refractivity (Wildman–Crippen MR) is 65.5 cm³/mol. The predicted octanol–water partition coefficient (Wildman–Crippen LogP) is 3.44. The molecule has 0 bridgehead atoms. The van der Waals surface area contributed by atoms with Crippen LogP contribution in [0.25, 0.3) is 0 Å². The fraction of sp³-hybridized carbons (Fsp3) is 0.200. The topological polar surface area (TPSA) is 9.23 Å². The van der Waals surface area contributed by atoms with Crippen molar-refractivity contribution in [2.24, 2.45) is 0 Å². The summed E-state index contributed by atoms with van der Waals surface area (Å²) in [5, 5.41) is 0. The van der Waals surface area contributed by atoms with E-state index in [4.69, 9.17) is 11.2 Å². The number of benzene rings is 1. The molecule has 0 N–H and O–H groups in total. The Hall–Kier alpha value is -1.94. The van der Waals surface area contributed by atoms with Crippen LogP contribution in [0.1, 0.15) is 18.4 Å². The van der Waals surface area contributed by atoms with Gasteiger partial charge in [0.05, 0.1) is 5.76 Å². The number of ether oxygens (including phenoxy) is 1. The van der Waals surface area contributed by atoms with E-state index in [1.165, 1.54) is 5.56 Å². The molecule has 0 saturated heterocycles. The molecule has 0 spiro atoms. The second-order valence-corrected chi connectivity index (χ2v) is 3.74. The first kappa shape index (κ1) is 10.6. The van der Waals surface area contributed by atoms with Gasteiger partial charge in [0.2, 0.25) is 0 Å². The number of rotatable bonds is 3. The molecule has 0 atom stereocenters. The van der Waals surface area contributed by atoms with E-state index in [1.54, 1.807) is 0 Å². The van der Waals surface area contributed by atoms with E-state index in [0.717, 1.165) is 24.2 Å². The second-order valence-electron chi connectivity index (χ2n) is 3.74. The van der Waals surface area contributed by atoms with E-state index in [1.807, 2.05) is 30.4 Å². The normalized spacial score (nSPS) is 14.7. The summed E-state index contributed by atoms with van der Waals surface area (Å²) in [6.07, 6.45) is 11.1. The van der Waals surface area contributed by atoms with Crippen LogP contribution in [0.5, 0.6) is 0 Å². The van der Waals surface area contributed by atoms with E-state index >= 15 is 0 Å². The van der Waals surface area contributed by atoms with Crippen LogP contribution < -0.4 is 0 Å². The lowest BCUT2D eigenvalue weighted by molar-refractivity contribution is 0.188. The van der Waals surface area contributed by atoms with E-state index in [9.17, 15) is 0 Å². The molecule has 2 rings (SSSR count). The van der Waals surface area contributed by atoms with Crippen LogP contribution in [0.15, 0.2) is 53.8 Å². The van der Waals surface area contributed by atoms with E-state index in [0.29, 0.717) is 6.61 Å². The monoisotopic (exact) mass is 210 g/mol. The Kier molecular flexibility index (Phi) is 3.46. The maximum absolute atomic E-state index is 5.71. The molecule has 1 nitrogen and oxygen atoms in total. The largest absolute Gasteiger partial charge is 0.493 e. The summed E-state index contributed by atoms with van der Waals surface area (Å²) >= 11 is 0. The Morgan fingerprint density at radius 1 is 1.12 bits per heavy atom. The first-order valence-corrected chi connectivity index (χ1v) is 5.41. The zero-order valence-electron chi connectivity index (χ0n) is 9.15. The van der Waals surface area contributed by atoms with Crippen LogP contribution >= 0.6 is 0 Å². The van der Waals surface area contributed by atoms with Crippen molar-refractivity contribution in [3.05, 3.63) is 59.4 Å². The zero-order valence-corrected chi connectivity index (χ0v) is 9.15. The number of hydrogen-bond donors (Lipinski definition) is 0. The highest BCUT2D eigenvalue weighted by atomic mass is 16.5. The summed E-state index contributed by atoms with van der Waals surface area (Å²) in [4.78, 5) is 0. The lowest BCUT2D eigenvalue weighted by atomic mass is 10.0. The molecule has 0 radical (unpaired) electrons. The van der Waals surface area contributed by atoms with Gasteiger partial charge in [0, 0.05) is 12.0 Å². The minimum Gasteiger partial charge on any atom is -0.493 e. The Labute approximate surface area is 96.4 Å². The molecule has 16 heavy (non-hydrogen) atoms. The molecule has 80 valence electrons. The van der Waals surface area contributed by atoms with Gasteiger partial charge in [-0.05, 0) is 24.1 Å². The average molecular weight is 210 g/mol. The molecule has 0 aromatic heterocycles. The van der Waals surface area contributed by atoms with Crippen LogP contribution in [0.3, 0.4) is 0 Å². The molecule has 1 heteroatoms. The molecular weight excluding hydrogens is 196 g/mol. The summed E-state index contributed by atoms with van der Waals surface area (Å²) in [7, 11) is 0. The van der Waals surface area contributed by atoms with Gasteiger partial charge in [0.1, 0.15) is 6.61 Å². The summed E-state index contributed by atoms with van der Waals surface area (Å²) in [5.74, 6) is 3.68. The Bertz CT molecular complexity index is 446.